The van der Waals surface area contributed by atoms with E-state index >= 15 is 0 Å². The van der Waals surface area contributed by atoms with Crippen LogP contribution < -0.4 is 4.57 Å². The van der Waals surface area contributed by atoms with Gasteiger partial charge in [0, 0.05) is 5.41 Å². The van der Waals surface area contributed by atoms with Crippen molar-refractivity contribution in [3.05, 3.63) is 90.0 Å². The molecule has 3 aromatic rings. The van der Waals surface area contributed by atoms with Crippen LogP contribution in [-0.2, 0) is 18.4 Å². The molecule has 2 heteroatoms. The molecule has 172 valence electrons. The fourth-order valence-corrected chi connectivity index (χ4v) is 5.26. The van der Waals surface area contributed by atoms with Gasteiger partial charge in [-0.1, -0.05) is 120 Å². The molecule has 32 heavy (non-hydrogen) atoms. The number of hydrogen-bond acceptors (Lipinski definition) is 0. The maximum Gasteiger partial charge on any atom is 0.258 e. The molecule has 2 atom stereocenters. The normalized spacial score (nSPS) is 14.2. The van der Waals surface area contributed by atoms with Crippen molar-refractivity contribution in [1.82, 2.24) is 4.98 Å². The van der Waals surface area contributed by atoms with E-state index in [1.165, 1.54) is 61.9 Å². The minimum atomic E-state index is 0.0202. The maximum atomic E-state index is 3.68. The molecule has 3 rings (SSSR count). The van der Waals surface area contributed by atoms with Crippen molar-refractivity contribution in [3.63, 3.8) is 0 Å². The highest BCUT2D eigenvalue weighted by Gasteiger charge is 2.41. The van der Waals surface area contributed by atoms with Crippen LogP contribution in [0.15, 0.2) is 73.1 Å². The van der Waals surface area contributed by atoms with Crippen molar-refractivity contribution in [2.75, 3.05) is 0 Å². The lowest BCUT2D eigenvalue weighted by Crippen LogP contribution is -2.43. The summed E-state index contributed by atoms with van der Waals surface area (Å²) in [5, 5.41) is 0. The summed E-state index contributed by atoms with van der Waals surface area (Å²) >= 11 is 0. The van der Waals surface area contributed by atoms with Crippen molar-refractivity contribution in [2.24, 2.45) is 0 Å². The summed E-state index contributed by atoms with van der Waals surface area (Å²) in [6.07, 6.45) is 15.8. The number of imidazole rings is 1. The van der Waals surface area contributed by atoms with Gasteiger partial charge in [-0.05, 0) is 30.4 Å². The van der Waals surface area contributed by atoms with Crippen molar-refractivity contribution in [2.45, 2.75) is 96.4 Å². The summed E-state index contributed by atoms with van der Waals surface area (Å²) in [4.78, 5) is 3.68. The van der Waals surface area contributed by atoms with Crippen LogP contribution in [0.5, 0.6) is 0 Å². The number of rotatable bonds is 14. The Kier molecular flexibility index (Phi) is 9.59. The van der Waals surface area contributed by atoms with Gasteiger partial charge in [0.25, 0.3) is 5.82 Å². The average molecular weight is 432 g/mol. The number of benzene rings is 2. The predicted molar refractivity (Wildman–Crippen MR) is 136 cm³/mol. The third-order valence-corrected chi connectivity index (χ3v) is 7.05. The minimum Gasteiger partial charge on any atom is -0.247 e. The Morgan fingerprint density at radius 2 is 1.47 bits per heavy atom. The van der Waals surface area contributed by atoms with E-state index in [9.17, 15) is 0 Å². The Morgan fingerprint density at radius 1 is 0.812 bits per heavy atom. The molecular formula is C30H43N2+. The molecule has 0 amide bonds. The van der Waals surface area contributed by atoms with Gasteiger partial charge in [0.2, 0.25) is 0 Å². The lowest BCUT2D eigenvalue weighted by molar-refractivity contribution is -0.704. The average Bonchev–Trinajstić information content (AvgIpc) is 3.27. The fraction of sp³-hybridized carbons (Fsp3) is 0.500. The lowest BCUT2D eigenvalue weighted by atomic mass is 9.66. The van der Waals surface area contributed by atoms with Gasteiger partial charge in [0.1, 0.15) is 12.4 Å². The third-order valence-electron chi connectivity index (χ3n) is 7.05. The number of aromatic nitrogens is 2. The van der Waals surface area contributed by atoms with Gasteiger partial charge in [-0.15, -0.1) is 0 Å². The van der Waals surface area contributed by atoms with Crippen molar-refractivity contribution < 1.29 is 4.57 Å². The number of hydrogen-bond donors (Lipinski definition) is 1. The van der Waals surface area contributed by atoms with Crippen LogP contribution in [0.3, 0.4) is 0 Å². The highest BCUT2D eigenvalue weighted by Crippen LogP contribution is 2.43. The molecule has 1 aromatic heterocycles. The molecule has 2 aromatic carbocycles. The van der Waals surface area contributed by atoms with Gasteiger partial charge < -0.3 is 0 Å². The van der Waals surface area contributed by atoms with Gasteiger partial charge in [-0.2, -0.15) is 0 Å². The van der Waals surface area contributed by atoms with E-state index in [1.807, 2.05) is 0 Å². The number of H-pyrrole nitrogens is 1. The summed E-state index contributed by atoms with van der Waals surface area (Å²) in [7, 11) is 0. The number of aromatic amines is 1. The summed E-state index contributed by atoms with van der Waals surface area (Å²) in [6.45, 7) is 8.13. The van der Waals surface area contributed by atoms with Crippen LogP contribution in [0, 0.1) is 0 Å². The molecule has 0 fully saturated rings. The minimum absolute atomic E-state index is 0.0202. The standard InChI is InChI=1S/C30H42N2/c1-4-6-7-8-9-16-21-28(29-31-22-24-32(29)23-5-2)30(3,27-19-14-11-15-20-27)25-26-17-12-10-13-18-26/h10-15,17-20,22,24,28H,4-9,16,21,23,25H2,1-3H3/p+1. The van der Waals surface area contributed by atoms with Crippen LogP contribution in [0.4, 0.5) is 0 Å². The van der Waals surface area contributed by atoms with E-state index in [-0.39, 0.29) is 5.41 Å². The molecule has 0 aliphatic heterocycles. The molecule has 0 saturated carbocycles. The third kappa shape index (κ3) is 6.34. The van der Waals surface area contributed by atoms with Crippen molar-refractivity contribution >= 4 is 0 Å². The predicted octanol–water partition coefficient (Wildman–Crippen LogP) is 7.75. The van der Waals surface area contributed by atoms with Crippen LogP contribution in [0.25, 0.3) is 0 Å². The monoisotopic (exact) mass is 431 g/mol. The fourth-order valence-electron chi connectivity index (χ4n) is 5.26. The Hall–Kier alpha value is -2.35. The largest absolute Gasteiger partial charge is 0.258 e. The van der Waals surface area contributed by atoms with E-state index in [0.29, 0.717) is 5.92 Å². The van der Waals surface area contributed by atoms with E-state index in [1.54, 1.807) is 0 Å². The summed E-state index contributed by atoms with van der Waals surface area (Å²) < 4.78 is 2.47. The Morgan fingerprint density at radius 3 is 2.16 bits per heavy atom. The highest BCUT2D eigenvalue weighted by atomic mass is 15.1. The number of aryl methyl sites for hydroxylation is 1. The number of nitrogens with zero attached hydrogens (tertiary/aromatic N) is 1. The van der Waals surface area contributed by atoms with Crippen LogP contribution in [0.2, 0.25) is 0 Å². The SMILES string of the molecule is CCCCCCCCC(c1[nH]cc[n+]1CCC)C(C)(Cc1ccccc1)c1ccccc1. The van der Waals surface area contributed by atoms with Crippen molar-refractivity contribution in [3.8, 4) is 0 Å². The van der Waals surface area contributed by atoms with E-state index in [4.69, 9.17) is 0 Å². The van der Waals surface area contributed by atoms with Gasteiger partial charge in [-0.3, -0.25) is 0 Å². The molecule has 0 radical (unpaired) electrons. The molecule has 0 spiro atoms. The first-order chi connectivity index (χ1) is 15.7. The zero-order chi connectivity index (χ0) is 22.7. The first kappa shape index (κ1) is 24.3. The van der Waals surface area contributed by atoms with E-state index in [0.717, 1.165) is 19.4 Å². The Bertz CT molecular complexity index is 883. The first-order valence-electron chi connectivity index (χ1n) is 12.8. The molecule has 0 aliphatic rings. The maximum absolute atomic E-state index is 3.68. The zero-order valence-electron chi connectivity index (χ0n) is 20.5. The van der Waals surface area contributed by atoms with Crippen LogP contribution in [-0.4, -0.2) is 4.98 Å². The molecule has 1 N–H and O–H groups in total. The van der Waals surface area contributed by atoms with Gasteiger partial charge in [-0.25, -0.2) is 9.55 Å². The number of unbranched alkanes of at least 4 members (excludes halogenated alkanes) is 5. The Balaban J connectivity index is 1.95. The molecule has 2 unspecified atom stereocenters. The van der Waals surface area contributed by atoms with E-state index < -0.39 is 0 Å². The Labute approximate surface area is 196 Å². The van der Waals surface area contributed by atoms with Gasteiger partial charge in [0.05, 0.1) is 12.5 Å². The second-order valence-corrected chi connectivity index (χ2v) is 9.59. The molecule has 0 bridgehead atoms. The molecule has 0 saturated heterocycles. The smallest absolute Gasteiger partial charge is 0.247 e. The first-order valence-corrected chi connectivity index (χ1v) is 12.8. The van der Waals surface area contributed by atoms with Crippen LogP contribution in [0.1, 0.15) is 95.0 Å². The molecule has 1 heterocycles. The summed E-state index contributed by atoms with van der Waals surface area (Å²) in [5.41, 5.74) is 2.88. The molecule has 0 aliphatic carbocycles. The lowest BCUT2D eigenvalue weighted by Gasteiger charge is -2.37. The molecular weight excluding hydrogens is 388 g/mol. The topological polar surface area (TPSA) is 19.7 Å². The zero-order valence-corrected chi connectivity index (χ0v) is 20.5. The number of nitrogens with one attached hydrogen (secondary N) is 1. The van der Waals surface area contributed by atoms with Crippen LogP contribution >= 0.6 is 0 Å². The van der Waals surface area contributed by atoms with Gasteiger partial charge in [0.15, 0.2) is 0 Å². The summed E-state index contributed by atoms with van der Waals surface area (Å²) in [5.74, 6) is 1.83. The highest BCUT2D eigenvalue weighted by molar-refractivity contribution is 5.32. The quantitative estimate of drug-likeness (QED) is 0.199. The second-order valence-electron chi connectivity index (χ2n) is 9.59. The second kappa shape index (κ2) is 12.6. The molecule has 2 nitrogen and oxygen atoms in total. The van der Waals surface area contributed by atoms with Gasteiger partial charge >= 0.3 is 0 Å². The summed E-state index contributed by atoms with van der Waals surface area (Å²) in [6, 6.07) is 22.3. The van der Waals surface area contributed by atoms with E-state index in [2.05, 4.69) is 103 Å². The van der Waals surface area contributed by atoms with Crippen molar-refractivity contribution in [1.29, 1.82) is 0 Å².